The summed E-state index contributed by atoms with van der Waals surface area (Å²) >= 11 is 0. The fourth-order valence-corrected chi connectivity index (χ4v) is 1.91. The van der Waals surface area contributed by atoms with E-state index in [0.29, 0.717) is 12.2 Å². The van der Waals surface area contributed by atoms with E-state index in [1.165, 1.54) is 10.6 Å². The van der Waals surface area contributed by atoms with Crippen molar-refractivity contribution in [3.8, 4) is 0 Å². The molecule has 104 valence electrons. The predicted molar refractivity (Wildman–Crippen MR) is 79.5 cm³/mol. The predicted octanol–water partition coefficient (Wildman–Crippen LogP) is 1.77. The summed E-state index contributed by atoms with van der Waals surface area (Å²) in [5.74, 6) is -0.131. The molecule has 0 saturated heterocycles. The lowest BCUT2D eigenvalue weighted by Crippen LogP contribution is -2.22. The van der Waals surface area contributed by atoms with Crippen molar-refractivity contribution in [1.29, 1.82) is 0 Å². The van der Waals surface area contributed by atoms with Crippen LogP contribution in [-0.2, 0) is 11.3 Å². The van der Waals surface area contributed by atoms with Crippen LogP contribution < -0.4 is 16.6 Å². The molecular formula is C15H17N3O2. The average Bonchev–Trinajstić information content (AvgIpc) is 2.41. The van der Waals surface area contributed by atoms with Gasteiger partial charge in [-0.25, -0.2) is 0 Å². The number of hydrogen-bond acceptors (Lipinski definition) is 3. The molecule has 3 N–H and O–H groups in total. The maximum absolute atomic E-state index is 11.9. The van der Waals surface area contributed by atoms with E-state index in [1.54, 1.807) is 36.5 Å². The van der Waals surface area contributed by atoms with Crippen LogP contribution in [0.5, 0.6) is 0 Å². The smallest absolute Gasteiger partial charge is 0.250 e. The van der Waals surface area contributed by atoms with Crippen LogP contribution in [-0.4, -0.2) is 10.5 Å². The summed E-state index contributed by atoms with van der Waals surface area (Å²) in [7, 11) is 0. The normalized spacial score (nSPS) is 10.2. The van der Waals surface area contributed by atoms with E-state index in [4.69, 9.17) is 5.73 Å². The summed E-state index contributed by atoms with van der Waals surface area (Å²) < 4.78 is 1.51. The number of pyridine rings is 1. The van der Waals surface area contributed by atoms with Gasteiger partial charge in [0, 0.05) is 36.6 Å². The third-order valence-electron chi connectivity index (χ3n) is 3.00. The number of rotatable bonds is 4. The monoisotopic (exact) mass is 271 g/mol. The quantitative estimate of drug-likeness (QED) is 0.832. The molecule has 0 fully saturated rings. The molecule has 2 rings (SSSR count). The molecule has 0 unspecified atom stereocenters. The van der Waals surface area contributed by atoms with Crippen molar-refractivity contribution in [3.05, 3.63) is 58.5 Å². The van der Waals surface area contributed by atoms with E-state index < -0.39 is 0 Å². The Morgan fingerprint density at radius 2 is 2.10 bits per heavy atom. The van der Waals surface area contributed by atoms with E-state index in [9.17, 15) is 9.59 Å². The SMILES string of the molecule is Cc1cc(N)ccc1NC(=O)CCn1ccccc1=O. The number of nitrogens with zero attached hydrogens (tertiary/aromatic N) is 1. The fourth-order valence-electron chi connectivity index (χ4n) is 1.91. The summed E-state index contributed by atoms with van der Waals surface area (Å²) in [5.41, 5.74) is 7.87. The number of carbonyl (C=O) groups is 1. The Morgan fingerprint density at radius 1 is 1.30 bits per heavy atom. The van der Waals surface area contributed by atoms with Crippen LogP contribution in [0.2, 0.25) is 0 Å². The van der Waals surface area contributed by atoms with E-state index in [1.807, 2.05) is 6.92 Å². The standard InChI is InChI=1S/C15H17N3O2/c1-11-10-12(16)5-6-13(11)17-14(19)7-9-18-8-3-2-4-15(18)20/h2-6,8,10H,7,9,16H2,1H3,(H,17,19). The molecule has 5 heteroatoms. The first-order valence-electron chi connectivity index (χ1n) is 6.38. The van der Waals surface area contributed by atoms with Gasteiger partial charge in [0.15, 0.2) is 0 Å². The molecule has 0 aliphatic rings. The Morgan fingerprint density at radius 3 is 2.80 bits per heavy atom. The molecule has 0 atom stereocenters. The zero-order chi connectivity index (χ0) is 14.5. The van der Waals surface area contributed by atoms with Gasteiger partial charge >= 0.3 is 0 Å². The third kappa shape index (κ3) is 3.47. The van der Waals surface area contributed by atoms with Crippen LogP contribution in [0.3, 0.4) is 0 Å². The van der Waals surface area contributed by atoms with Crippen LogP contribution in [0.1, 0.15) is 12.0 Å². The van der Waals surface area contributed by atoms with Crippen molar-refractivity contribution in [3.63, 3.8) is 0 Å². The zero-order valence-electron chi connectivity index (χ0n) is 11.3. The molecule has 5 nitrogen and oxygen atoms in total. The van der Waals surface area contributed by atoms with Crippen LogP contribution in [0.4, 0.5) is 11.4 Å². The van der Waals surface area contributed by atoms with Crippen molar-refractivity contribution >= 4 is 17.3 Å². The highest BCUT2D eigenvalue weighted by atomic mass is 16.1. The molecule has 1 heterocycles. The average molecular weight is 271 g/mol. The van der Waals surface area contributed by atoms with E-state index in [0.717, 1.165) is 11.3 Å². The molecule has 0 aliphatic carbocycles. The van der Waals surface area contributed by atoms with Gasteiger partial charge < -0.3 is 15.6 Å². The Bertz CT molecular complexity index is 677. The summed E-state index contributed by atoms with van der Waals surface area (Å²) in [6, 6.07) is 10.2. The topological polar surface area (TPSA) is 77.1 Å². The highest BCUT2D eigenvalue weighted by Crippen LogP contribution is 2.17. The largest absolute Gasteiger partial charge is 0.399 e. The molecule has 1 aromatic heterocycles. The summed E-state index contributed by atoms with van der Waals surface area (Å²) in [6.45, 7) is 2.24. The first kappa shape index (κ1) is 13.9. The molecule has 0 radical (unpaired) electrons. The second-order valence-electron chi connectivity index (χ2n) is 4.60. The van der Waals surface area contributed by atoms with Crippen LogP contribution in [0.15, 0.2) is 47.4 Å². The highest BCUT2D eigenvalue weighted by molar-refractivity contribution is 5.91. The van der Waals surface area contributed by atoms with Crippen molar-refractivity contribution in [2.75, 3.05) is 11.1 Å². The number of amides is 1. The number of aromatic nitrogens is 1. The number of hydrogen-bond donors (Lipinski definition) is 2. The van der Waals surface area contributed by atoms with E-state index in [2.05, 4.69) is 5.32 Å². The number of nitrogens with two attached hydrogens (primary N) is 1. The molecular weight excluding hydrogens is 254 g/mol. The Hall–Kier alpha value is -2.56. The summed E-state index contributed by atoms with van der Waals surface area (Å²) in [4.78, 5) is 23.4. The second kappa shape index (κ2) is 6.06. The third-order valence-corrected chi connectivity index (χ3v) is 3.00. The lowest BCUT2D eigenvalue weighted by molar-refractivity contribution is -0.116. The molecule has 0 saturated carbocycles. The number of carbonyl (C=O) groups excluding carboxylic acids is 1. The van der Waals surface area contributed by atoms with Crippen LogP contribution in [0, 0.1) is 6.92 Å². The van der Waals surface area contributed by atoms with Crippen molar-refractivity contribution in [1.82, 2.24) is 4.57 Å². The Labute approximate surface area is 117 Å². The minimum atomic E-state index is -0.131. The Kier molecular flexibility index (Phi) is 4.20. The van der Waals surface area contributed by atoms with Gasteiger partial charge in [-0.15, -0.1) is 0 Å². The minimum Gasteiger partial charge on any atom is -0.399 e. The van der Waals surface area contributed by atoms with Gasteiger partial charge in [0.2, 0.25) is 5.91 Å². The lowest BCUT2D eigenvalue weighted by atomic mass is 10.2. The van der Waals surface area contributed by atoms with Crippen molar-refractivity contribution in [2.24, 2.45) is 0 Å². The number of nitrogens with one attached hydrogen (secondary N) is 1. The minimum absolute atomic E-state index is 0.107. The van der Waals surface area contributed by atoms with Gasteiger partial charge in [-0.1, -0.05) is 6.07 Å². The van der Waals surface area contributed by atoms with Crippen molar-refractivity contribution < 1.29 is 4.79 Å². The maximum Gasteiger partial charge on any atom is 0.250 e. The van der Waals surface area contributed by atoms with E-state index >= 15 is 0 Å². The molecule has 2 aromatic rings. The van der Waals surface area contributed by atoms with Gasteiger partial charge in [0.05, 0.1) is 0 Å². The summed E-state index contributed by atoms with van der Waals surface area (Å²) in [5, 5.41) is 2.82. The van der Waals surface area contributed by atoms with Gasteiger partial charge in [-0.05, 0) is 36.8 Å². The first-order valence-corrected chi connectivity index (χ1v) is 6.38. The molecule has 20 heavy (non-hydrogen) atoms. The first-order chi connectivity index (χ1) is 9.56. The van der Waals surface area contributed by atoms with Gasteiger partial charge in [-0.3, -0.25) is 9.59 Å². The van der Waals surface area contributed by atoms with Gasteiger partial charge in [-0.2, -0.15) is 0 Å². The van der Waals surface area contributed by atoms with Gasteiger partial charge in [0.1, 0.15) is 0 Å². The highest BCUT2D eigenvalue weighted by Gasteiger charge is 2.05. The van der Waals surface area contributed by atoms with E-state index in [-0.39, 0.29) is 17.9 Å². The summed E-state index contributed by atoms with van der Waals surface area (Å²) in [6.07, 6.45) is 1.91. The molecule has 0 aliphatic heterocycles. The number of aryl methyl sites for hydroxylation is 2. The van der Waals surface area contributed by atoms with Crippen molar-refractivity contribution in [2.45, 2.75) is 19.9 Å². The molecule has 1 aromatic carbocycles. The molecule has 0 spiro atoms. The van der Waals surface area contributed by atoms with Gasteiger partial charge in [0.25, 0.3) is 5.56 Å². The fraction of sp³-hybridized carbons (Fsp3) is 0.200. The maximum atomic E-state index is 11.9. The zero-order valence-corrected chi connectivity index (χ0v) is 11.3. The lowest BCUT2D eigenvalue weighted by Gasteiger charge is -2.09. The molecule has 1 amide bonds. The Balaban J connectivity index is 1.96. The second-order valence-corrected chi connectivity index (χ2v) is 4.60. The number of benzene rings is 1. The molecule has 0 bridgehead atoms. The van der Waals surface area contributed by atoms with Crippen LogP contribution in [0.25, 0.3) is 0 Å². The van der Waals surface area contributed by atoms with Crippen LogP contribution >= 0.6 is 0 Å². The number of nitrogen functional groups attached to an aromatic ring is 1. The number of anilines is 2.